The monoisotopic (exact) mass is 507 g/mol. The fourth-order valence-electron chi connectivity index (χ4n) is 3.92. The minimum Gasteiger partial charge on any atom is -0.480 e. The number of carbonyl (C=O) groups excluding carboxylic acids is 2. The molecule has 3 aromatic heterocycles. The molecule has 3 heterocycles. The van der Waals surface area contributed by atoms with E-state index >= 15 is 0 Å². The Kier molecular flexibility index (Phi) is 8.21. The van der Waals surface area contributed by atoms with Crippen molar-refractivity contribution in [2.24, 2.45) is 0 Å². The number of aryl methyl sites for hydroxylation is 1. The van der Waals surface area contributed by atoms with Crippen LogP contribution in [-0.4, -0.2) is 51.1 Å². The topological polar surface area (TPSA) is 135 Å². The number of amides is 2. The van der Waals surface area contributed by atoms with Gasteiger partial charge in [0.1, 0.15) is 10.8 Å². The minimum absolute atomic E-state index is 0.0279. The molecule has 0 radical (unpaired) electrons. The van der Waals surface area contributed by atoms with Crippen LogP contribution in [0.25, 0.3) is 22.2 Å². The summed E-state index contributed by atoms with van der Waals surface area (Å²) in [6, 6.07) is 9.47. The number of nitrogens with one attached hydrogen (secondary N) is 3. The Hall–Kier alpha value is -3.86. The first-order chi connectivity index (χ1) is 17.5. The number of fused-ring (bicyclic) bond motifs is 1. The molecule has 0 saturated heterocycles. The van der Waals surface area contributed by atoms with Gasteiger partial charge in [-0.15, -0.1) is 10.2 Å². The molecular formula is C25H29N7O3S. The third-order valence-electron chi connectivity index (χ3n) is 5.80. The standard InChI is InChI=1S/C25H29N7O3S/c1-15-31-32-25(36-15)23(34)29-19(11-5-4-6-12-21(33)26-2)22-27-14-20(28-22)17-13-16-9-7-8-10-18(16)30-24(17)35-3/h7-10,13-14,19H,4-6,11-12H2,1-3H3,(H,26,33)(H,27,28)(H,29,34). The summed E-state index contributed by atoms with van der Waals surface area (Å²) < 4.78 is 5.55. The number of nitrogens with zero attached hydrogens (tertiary/aromatic N) is 4. The number of hydrogen-bond acceptors (Lipinski definition) is 8. The van der Waals surface area contributed by atoms with Gasteiger partial charge in [-0.25, -0.2) is 9.97 Å². The highest BCUT2D eigenvalue weighted by Gasteiger charge is 2.22. The summed E-state index contributed by atoms with van der Waals surface area (Å²) >= 11 is 1.24. The van der Waals surface area contributed by atoms with Crippen molar-refractivity contribution >= 4 is 34.1 Å². The van der Waals surface area contributed by atoms with Gasteiger partial charge in [0.05, 0.1) is 36.1 Å². The highest BCUT2D eigenvalue weighted by atomic mass is 32.1. The van der Waals surface area contributed by atoms with Gasteiger partial charge in [-0.2, -0.15) is 0 Å². The number of carbonyl (C=O) groups is 2. The summed E-state index contributed by atoms with van der Waals surface area (Å²) in [5.41, 5.74) is 2.36. The number of benzene rings is 1. The molecule has 1 aromatic carbocycles. The number of hydrogen-bond donors (Lipinski definition) is 3. The molecular weight excluding hydrogens is 478 g/mol. The summed E-state index contributed by atoms with van der Waals surface area (Å²) in [6.07, 6.45) is 5.30. The third kappa shape index (κ3) is 6.03. The molecule has 3 N–H and O–H groups in total. The zero-order valence-electron chi connectivity index (χ0n) is 20.5. The molecule has 11 heteroatoms. The van der Waals surface area contributed by atoms with Gasteiger partial charge in [0.15, 0.2) is 0 Å². The zero-order chi connectivity index (χ0) is 25.5. The molecule has 1 unspecified atom stereocenters. The second kappa shape index (κ2) is 11.7. The van der Waals surface area contributed by atoms with Crippen LogP contribution in [0.1, 0.15) is 58.8 Å². The Labute approximate surface area is 212 Å². The van der Waals surface area contributed by atoms with Gasteiger partial charge in [0.25, 0.3) is 5.91 Å². The summed E-state index contributed by atoms with van der Waals surface area (Å²) in [5.74, 6) is 0.850. The van der Waals surface area contributed by atoms with Gasteiger partial charge < -0.3 is 20.4 Å². The molecule has 36 heavy (non-hydrogen) atoms. The lowest BCUT2D eigenvalue weighted by molar-refractivity contribution is -0.120. The van der Waals surface area contributed by atoms with Crippen LogP contribution in [0.15, 0.2) is 36.5 Å². The van der Waals surface area contributed by atoms with E-state index in [4.69, 9.17) is 4.74 Å². The molecule has 0 saturated carbocycles. The maximum atomic E-state index is 12.9. The van der Waals surface area contributed by atoms with Gasteiger partial charge >= 0.3 is 0 Å². The zero-order valence-corrected chi connectivity index (χ0v) is 21.3. The number of methoxy groups -OCH3 is 1. The Morgan fingerprint density at radius 2 is 2.00 bits per heavy atom. The first-order valence-electron chi connectivity index (χ1n) is 11.8. The average molecular weight is 508 g/mol. The van der Waals surface area contributed by atoms with Crippen molar-refractivity contribution in [3.8, 4) is 17.1 Å². The fraction of sp³-hybridized carbons (Fsp3) is 0.360. The highest BCUT2D eigenvalue weighted by Crippen LogP contribution is 2.31. The number of ether oxygens (including phenoxy) is 1. The van der Waals surface area contributed by atoms with Crippen molar-refractivity contribution in [1.82, 2.24) is 35.8 Å². The Bertz CT molecular complexity index is 1350. The quantitative estimate of drug-likeness (QED) is 0.262. The summed E-state index contributed by atoms with van der Waals surface area (Å²) in [7, 11) is 3.22. The molecule has 1 atom stereocenters. The molecule has 4 rings (SSSR count). The van der Waals surface area contributed by atoms with Crippen LogP contribution in [-0.2, 0) is 4.79 Å². The fourth-order valence-corrected chi connectivity index (χ4v) is 4.51. The molecule has 0 spiro atoms. The van der Waals surface area contributed by atoms with Crippen molar-refractivity contribution in [2.45, 2.75) is 45.1 Å². The van der Waals surface area contributed by atoms with Gasteiger partial charge in [0.2, 0.25) is 16.8 Å². The van der Waals surface area contributed by atoms with E-state index in [9.17, 15) is 9.59 Å². The predicted octanol–water partition coefficient (Wildman–Crippen LogP) is 3.96. The normalized spacial score (nSPS) is 11.9. The molecule has 0 aliphatic heterocycles. The Morgan fingerprint density at radius 3 is 2.75 bits per heavy atom. The number of aromatic amines is 1. The highest BCUT2D eigenvalue weighted by molar-refractivity contribution is 7.13. The van der Waals surface area contributed by atoms with E-state index < -0.39 is 0 Å². The summed E-state index contributed by atoms with van der Waals surface area (Å²) in [4.78, 5) is 36.9. The second-order valence-corrected chi connectivity index (χ2v) is 9.53. The Balaban J connectivity index is 1.55. The molecule has 0 bridgehead atoms. The van der Waals surface area contributed by atoms with Crippen LogP contribution in [0.2, 0.25) is 0 Å². The van der Waals surface area contributed by atoms with Gasteiger partial charge in [-0.05, 0) is 31.9 Å². The second-order valence-electron chi connectivity index (χ2n) is 8.34. The van der Waals surface area contributed by atoms with Crippen molar-refractivity contribution in [3.63, 3.8) is 0 Å². The predicted molar refractivity (Wildman–Crippen MR) is 138 cm³/mol. The molecule has 188 valence electrons. The molecule has 0 fully saturated rings. The van der Waals surface area contributed by atoms with E-state index in [-0.39, 0.29) is 17.9 Å². The lowest BCUT2D eigenvalue weighted by atomic mass is 10.1. The number of pyridine rings is 1. The number of H-pyrrole nitrogens is 1. The van der Waals surface area contributed by atoms with Gasteiger partial charge in [-0.3, -0.25) is 9.59 Å². The van der Waals surface area contributed by atoms with E-state index in [1.807, 2.05) is 37.3 Å². The molecule has 2 amide bonds. The third-order valence-corrected chi connectivity index (χ3v) is 6.64. The van der Waals surface area contributed by atoms with E-state index in [0.29, 0.717) is 29.6 Å². The number of imidazole rings is 1. The lowest BCUT2D eigenvalue weighted by Gasteiger charge is -2.16. The first kappa shape index (κ1) is 25.2. The first-order valence-corrected chi connectivity index (χ1v) is 12.6. The smallest absolute Gasteiger partial charge is 0.282 e. The van der Waals surface area contributed by atoms with Crippen molar-refractivity contribution in [3.05, 3.63) is 52.4 Å². The van der Waals surface area contributed by atoms with Crippen LogP contribution in [0.4, 0.5) is 0 Å². The lowest BCUT2D eigenvalue weighted by Crippen LogP contribution is -2.29. The van der Waals surface area contributed by atoms with Gasteiger partial charge in [0, 0.05) is 18.9 Å². The SMILES string of the molecule is CNC(=O)CCCCCC(NC(=O)c1nnc(C)s1)c1ncc(-c2cc3ccccc3nc2OC)[nH]1. The average Bonchev–Trinajstić information content (AvgIpc) is 3.56. The van der Waals surface area contributed by atoms with E-state index in [1.165, 1.54) is 11.3 Å². The number of aromatic nitrogens is 5. The van der Waals surface area contributed by atoms with Crippen molar-refractivity contribution in [1.29, 1.82) is 0 Å². The number of para-hydroxylation sites is 1. The van der Waals surface area contributed by atoms with E-state index in [0.717, 1.165) is 46.4 Å². The Morgan fingerprint density at radius 1 is 1.17 bits per heavy atom. The largest absolute Gasteiger partial charge is 0.480 e. The van der Waals surface area contributed by atoms with Crippen molar-refractivity contribution < 1.29 is 14.3 Å². The summed E-state index contributed by atoms with van der Waals surface area (Å²) in [5, 5.41) is 15.6. The van der Waals surface area contributed by atoms with E-state index in [1.54, 1.807) is 20.4 Å². The number of rotatable bonds is 11. The molecule has 0 aliphatic carbocycles. The van der Waals surface area contributed by atoms with Crippen LogP contribution < -0.4 is 15.4 Å². The van der Waals surface area contributed by atoms with Crippen LogP contribution in [0.5, 0.6) is 5.88 Å². The summed E-state index contributed by atoms with van der Waals surface area (Å²) in [6.45, 7) is 1.81. The molecule has 10 nitrogen and oxygen atoms in total. The van der Waals surface area contributed by atoms with Crippen molar-refractivity contribution in [2.75, 3.05) is 14.2 Å². The van der Waals surface area contributed by atoms with Crippen LogP contribution in [0.3, 0.4) is 0 Å². The molecule has 0 aliphatic rings. The van der Waals surface area contributed by atoms with Crippen LogP contribution >= 0.6 is 11.3 Å². The number of unbranched alkanes of at least 4 members (excludes halogenated alkanes) is 2. The van der Waals surface area contributed by atoms with Gasteiger partial charge in [-0.1, -0.05) is 42.4 Å². The minimum atomic E-state index is -0.366. The maximum absolute atomic E-state index is 12.9. The maximum Gasteiger partial charge on any atom is 0.282 e. The molecule has 4 aromatic rings. The van der Waals surface area contributed by atoms with E-state index in [2.05, 4.69) is 35.8 Å². The van der Waals surface area contributed by atoms with Crippen LogP contribution in [0, 0.1) is 6.92 Å².